The predicted molar refractivity (Wildman–Crippen MR) is 92.2 cm³/mol. The smallest absolute Gasteiger partial charge is 0.178 e. The molecule has 3 saturated carbocycles. The monoisotopic (exact) mass is 328 g/mol. The van der Waals surface area contributed by atoms with E-state index in [0.717, 1.165) is 25.7 Å². The number of allylic oxidation sites excluding steroid dienone is 4. The Labute approximate surface area is 144 Å². The summed E-state index contributed by atoms with van der Waals surface area (Å²) in [5.41, 5.74) is 0.935. The first-order valence-electron chi connectivity index (χ1n) is 9.40. The van der Waals surface area contributed by atoms with Crippen molar-refractivity contribution >= 4 is 11.6 Å². The van der Waals surface area contributed by atoms with Crippen molar-refractivity contribution in [2.75, 3.05) is 0 Å². The molecule has 3 fully saturated rings. The van der Waals surface area contributed by atoms with E-state index >= 15 is 0 Å². The number of Topliss-reactive ketones (excluding diaryl/α,β-unsaturated/α-hetero) is 1. The van der Waals surface area contributed by atoms with Crippen LogP contribution in [0.1, 0.15) is 52.9 Å². The van der Waals surface area contributed by atoms with E-state index in [1.54, 1.807) is 19.1 Å². The lowest BCUT2D eigenvalue weighted by Gasteiger charge is -2.58. The van der Waals surface area contributed by atoms with Gasteiger partial charge in [-0.25, -0.2) is 0 Å². The van der Waals surface area contributed by atoms with Crippen molar-refractivity contribution in [3.63, 3.8) is 0 Å². The van der Waals surface area contributed by atoms with Gasteiger partial charge in [-0.2, -0.15) is 0 Å². The Balaban J connectivity index is 1.74. The fourth-order valence-corrected chi connectivity index (χ4v) is 6.99. The third-order valence-corrected chi connectivity index (χ3v) is 7.98. The molecule has 1 N–H and O–H groups in total. The molecule has 0 aromatic heterocycles. The minimum Gasteiger partial charge on any atom is -0.393 e. The van der Waals surface area contributed by atoms with Crippen LogP contribution in [0.4, 0.5) is 0 Å². The molecule has 3 nitrogen and oxygen atoms in total. The lowest BCUT2D eigenvalue weighted by atomic mass is 9.46. The van der Waals surface area contributed by atoms with Crippen LogP contribution in [-0.4, -0.2) is 22.8 Å². The molecule has 0 aliphatic heterocycles. The lowest BCUT2D eigenvalue weighted by molar-refractivity contribution is -0.137. The molecule has 4 aliphatic rings. The first-order valence-corrected chi connectivity index (χ1v) is 9.40. The number of hydrogen-bond donors (Lipinski definition) is 1. The first-order chi connectivity index (χ1) is 11.3. The lowest BCUT2D eigenvalue weighted by Crippen LogP contribution is -2.56. The van der Waals surface area contributed by atoms with Crippen molar-refractivity contribution in [3.05, 3.63) is 23.8 Å². The molecule has 0 heterocycles. The van der Waals surface area contributed by atoms with E-state index in [9.17, 15) is 14.7 Å². The zero-order valence-electron chi connectivity index (χ0n) is 14.9. The van der Waals surface area contributed by atoms with E-state index < -0.39 is 6.10 Å². The van der Waals surface area contributed by atoms with Crippen LogP contribution in [0.5, 0.6) is 0 Å². The number of aliphatic hydroxyl groups is 1. The molecule has 0 radical (unpaired) electrons. The number of fused-ring (bicyclic) bond motifs is 5. The van der Waals surface area contributed by atoms with Gasteiger partial charge in [0.1, 0.15) is 5.78 Å². The average Bonchev–Trinajstić information content (AvgIpc) is 2.84. The van der Waals surface area contributed by atoms with E-state index in [-0.39, 0.29) is 34.2 Å². The summed E-state index contributed by atoms with van der Waals surface area (Å²) >= 11 is 0. The Morgan fingerprint density at radius 2 is 2.00 bits per heavy atom. The molecule has 0 saturated heterocycles. The topological polar surface area (TPSA) is 54.4 Å². The van der Waals surface area contributed by atoms with Crippen LogP contribution in [0.2, 0.25) is 0 Å². The highest BCUT2D eigenvalue weighted by atomic mass is 16.3. The second-order valence-electron chi connectivity index (χ2n) is 9.04. The number of ketones is 2. The van der Waals surface area contributed by atoms with Crippen LogP contribution in [0.25, 0.3) is 0 Å². The van der Waals surface area contributed by atoms with Crippen molar-refractivity contribution in [2.45, 2.75) is 59.0 Å². The highest BCUT2D eigenvalue weighted by Gasteiger charge is 2.62. The number of aliphatic hydroxyl groups excluding tert-OH is 1. The summed E-state index contributed by atoms with van der Waals surface area (Å²) in [5.74, 6) is 1.61. The summed E-state index contributed by atoms with van der Waals surface area (Å²) in [4.78, 5) is 24.0. The van der Waals surface area contributed by atoms with Crippen molar-refractivity contribution in [2.24, 2.45) is 34.5 Å². The van der Waals surface area contributed by atoms with E-state index in [1.165, 1.54) is 5.57 Å². The molecular formula is C21H28O3. The molecule has 7 atom stereocenters. The maximum Gasteiger partial charge on any atom is 0.178 e. The third-order valence-electron chi connectivity index (χ3n) is 7.98. The van der Waals surface area contributed by atoms with E-state index in [0.29, 0.717) is 18.3 Å². The molecule has 0 unspecified atom stereocenters. The Morgan fingerprint density at radius 3 is 2.71 bits per heavy atom. The first kappa shape index (κ1) is 16.3. The minimum atomic E-state index is -0.400. The Kier molecular flexibility index (Phi) is 3.48. The molecule has 3 heteroatoms. The number of rotatable bonds is 1. The van der Waals surface area contributed by atoms with Gasteiger partial charge < -0.3 is 5.11 Å². The van der Waals surface area contributed by atoms with Crippen LogP contribution in [0.15, 0.2) is 23.8 Å². The molecule has 0 amide bonds. The van der Waals surface area contributed by atoms with Gasteiger partial charge in [0, 0.05) is 17.3 Å². The standard InChI is InChI=1S/C21H28O3/c1-12(22)16-6-7-17-15-5-4-13-10-14(23)8-9-20(13,2)19(15)18(24)11-21(16,17)3/h8-10,15-19,24H,4-7,11H2,1-3H3/t15-,16+,17-,18+,19+,20-,21+/m0/s1. The SMILES string of the molecule is CC(=O)[C@H]1CC[C@H]2[C@@H]3CCC4=CC(=O)C=C[C@]4(C)[C@H]3[C@H](O)C[C@]12C. The zero-order chi connectivity index (χ0) is 17.3. The second kappa shape index (κ2) is 5.14. The van der Waals surface area contributed by atoms with Crippen LogP contribution in [-0.2, 0) is 9.59 Å². The molecular weight excluding hydrogens is 300 g/mol. The predicted octanol–water partition coefficient (Wildman–Crippen LogP) is 3.47. The summed E-state index contributed by atoms with van der Waals surface area (Å²) < 4.78 is 0. The zero-order valence-corrected chi connectivity index (χ0v) is 14.9. The van der Waals surface area contributed by atoms with Crippen molar-refractivity contribution in [1.82, 2.24) is 0 Å². The second-order valence-corrected chi connectivity index (χ2v) is 9.04. The van der Waals surface area contributed by atoms with Crippen molar-refractivity contribution in [1.29, 1.82) is 0 Å². The van der Waals surface area contributed by atoms with E-state index in [2.05, 4.69) is 13.8 Å². The highest BCUT2D eigenvalue weighted by Crippen LogP contribution is 2.65. The van der Waals surface area contributed by atoms with Gasteiger partial charge >= 0.3 is 0 Å². The van der Waals surface area contributed by atoms with Crippen LogP contribution < -0.4 is 0 Å². The minimum absolute atomic E-state index is 0.0573. The molecule has 4 aliphatic carbocycles. The third kappa shape index (κ3) is 2.00. The molecule has 0 spiro atoms. The summed E-state index contributed by atoms with van der Waals surface area (Å²) in [6.07, 6.45) is 9.89. The molecule has 0 aromatic rings. The maximum absolute atomic E-state index is 12.2. The molecule has 0 bridgehead atoms. The van der Waals surface area contributed by atoms with Gasteiger partial charge in [0.05, 0.1) is 6.10 Å². The van der Waals surface area contributed by atoms with Crippen molar-refractivity contribution in [3.8, 4) is 0 Å². The Bertz CT molecular complexity index is 660. The summed E-state index contributed by atoms with van der Waals surface area (Å²) in [6.45, 7) is 6.15. The van der Waals surface area contributed by atoms with Gasteiger partial charge in [-0.15, -0.1) is 0 Å². The average molecular weight is 328 g/mol. The molecule has 0 aromatic carbocycles. The van der Waals surface area contributed by atoms with Gasteiger partial charge in [0.15, 0.2) is 5.78 Å². The number of hydrogen-bond acceptors (Lipinski definition) is 3. The fraction of sp³-hybridized carbons (Fsp3) is 0.714. The summed E-state index contributed by atoms with van der Waals surface area (Å²) in [5, 5.41) is 11.1. The van der Waals surface area contributed by atoms with Gasteiger partial charge in [0.2, 0.25) is 0 Å². The Morgan fingerprint density at radius 1 is 1.25 bits per heavy atom. The van der Waals surface area contributed by atoms with Gasteiger partial charge in [-0.1, -0.05) is 25.5 Å². The fourth-order valence-electron chi connectivity index (χ4n) is 6.99. The maximum atomic E-state index is 12.2. The molecule has 130 valence electrons. The van der Waals surface area contributed by atoms with Crippen molar-refractivity contribution < 1.29 is 14.7 Å². The Hall–Kier alpha value is -1.22. The van der Waals surface area contributed by atoms with Gasteiger partial charge in [-0.05, 0) is 68.4 Å². The van der Waals surface area contributed by atoms with Gasteiger partial charge in [-0.3, -0.25) is 9.59 Å². The van der Waals surface area contributed by atoms with Crippen LogP contribution in [0, 0.1) is 34.5 Å². The molecule has 24 heavy (non-hydrogen) atoms. The van der Waals surface area contributed by atoms with E-state index in [1.807, 2.05) is 6.08 Å². The van der Waals surface area contributed by atoms with Gasteiger partial charge in [0.25, 0.3) is 0 Å². The highest BCUT2D eigenvalue weighted by molar-refractivity contribution is 6.01. The number of carbonyl (C=O) groups is 2. The van der Waals surface area contributed by atoms with Crippen LogP contribution in [0.3, 0.4) is 0 Å². The largest absolute Gasteiger partial charge is 0.393 e. The summed E-state index contributed by atoms with van der Waals surface area (Å²) in [6, 6.07) is 0. The van der Waals surface area contributed by atoms with E-state index in [4.69, 9.17) is 0 Å². The number of carbonyl (C=O) groups excluding carboxylic acids is 2. The quantitative estimate of drug-likeness (QED) is 0.802. The summed E-state index contributed by atoms with van der Waals surface area (Å²) in [7, 11) is 0. The van der Waals surface area contributed by atoms with Crippen LogP contribution >= 0.6 is 0 Å². The normalized spacial score (nSPS) is 49.9. The molecule has 4 rings (SSSR count).